The topological polar surface area (TPSA) is 29.3 Å². The minimum Gasteiger partial charge on any atom is -0.436 e. The fourth-order valence-electron chi connectivity index (χ4n) is 7.81. The molecule has 0 aliphatic heterocycles. The van der Waals surface area contributed by atoms with Gasteiger partial charge in [0, 0.05) is 22.6 Å². The van der Waals surface area contributed by atoms with Gasteiger partial charge in [0.05, 0.1) is 0 Å². The summed E-state index contributed by atoms with van der Waals surface area (Å²) in [6, 6.07) is 77.3. The lowest BCUT2D eigenvalue weighted by atomic mass is 9.89. The minimum atomic E-state index is 0.628. The lowest BCUT2D eigenvalue weighted by Gasteiger charge is -2.26. The Morgan fingerprint density at radius 3 is 1.41 bits per heavy atom. The molecule has 10 aromatic rings. The number of oxazole rings is 1. The van der Waals surface area contributed by atoms with Gasteiger partial charge in [-0.15, -0.1) is 0 Å². The third-order valence-electron chi connectivity index (χ3n) is 10.6. The van der Waals surface area contributed by atoms with E-state index in [1.165, 1.54) is 44.2 Å². The lowest BCUT2D eigenvalue weighted by Crippen LogP contribution is -2.09. The van der Waals surface area contributed by atoms with Crippen LogP contribution in [0.15, 0.2) is 223 Å². The number of benzene rings is 9. The summed E-state index contributed by atoms with van der Waals surface area (Å²) < 4.78 is 6.05. The molecule has 0 amide bonds. The first-order valence-electron chi connectivity index (χ1n) is 19.0. The zero-order valence-electron chi connectivity index (χ0n) is 30.6. The van der Waals surface area contributed by atoms with Crippen molar-refractivity contribution < 1.29 is 4.42 Å². The summed E-state index contributed by atoms with van der Waals surface area (Å²) in [6.45, 7) is 0. The van der Waals surface area contributed by atoms with Crippen molar-refractivity contribution >= 4 is 38.9 Å². The highest BCUT2D eigenvalue weighted by Gasteiger charge is 2.16. The average Bonchev–Trinajstić information content (AvgIpc) is 3.72. The SMILES string of the molecule is c1ccc(N(c2ccc(-c3ccccc3-c3ccccc3-c3ccc(-c4nc5ccccc5o4)cc3)cc2)c2ccc(-c3cccc4ccccc34)cc2)cc1. The largest absolute Gasteiger partial charge is 0.436 e. The van der Waals surface area contributed by atoms with Crippen LogP contribution in [0, 0.1) is 0 Å². The molecule has 9 aromatic carbocycles. The second kappa shape index (κ2) is 14.4. The van der Waals surface area contributed by atoms with Crippen LogP contribution in [0.3, 0.4) is 0 Å². The van der Waals surface area contributed by atoms with Crippen LogP contribution in [0.1, 0.15) is 0 Å². The number of anilines is 3. The molecule has 0 unspecified atom stereocenters. The van der Waals surface area contributed by atoms with Gasteiger partial charge in [0.2, 0.25) is 5.89 Å². The first-order valence-corrected chi connectivity index (χ1v) is 19.0. The average molecular weight is 717 g/mol. The smallest absolute Gasteiger partial charge is 0.227 e. The molecule has 10 rings (SSSR count). The molecule has 0 bridgehead atoms. The van der Waals surface area contributed by atoms with Crippen LogP contribution < -0.4 is 4.90 Å². The van der Waals surface area contributed by atoms with Gasteiger partial charge in [0.25, 0.3) is 0 Å². The van der Waals surface area contributed by atoms with E-state index in [0.717, 1.165) is 44.9 Å². The Labute approximate surface area is 326 Å². The van der Waals surface area contributed by atoms with E-state index in [4.69, 9.17) is 9.40 Å². The summed E-state index contributed by atoms with van der Waals surface area (Å²) in [7, 11) is 0. The van der Waals surface area contributed by atoms with Crippen molar-refractivity contribution in [2.75, 3.05) is 4.90 Å². The first kappa shape index (κ1) is 33.1. The predicted octanol–water partition coefficient (Wildman–Crippen LogP) is 14.8. The zero-order valence-corrected chi connectivity index (χ0v) is 30.6. The van der Waals surface area contributed by atoms with Crippen molar-refractivity contribution in [1.82, 2.24) is 4.98 Å². The van der Waals surface area contributed by atoms with Gasteiger partial charge in [0.1, 0.15) is 5.52 Å². The highest BCUT2D eigenvalue weighted by Crippen LogP contribution is 2.41. The molecule has 0 aliphatic rings. The van der Waals surface area contributed by atoms with E-state index in [-0.39, 0.29) is 0 Å². The second-order valence-corrected chi connectivity index (χ2v) is 13.9. The molecular formula is C53H36N2O. The number of nitrogens with zero attached hydrogens (tertiary/aromatic N) is 2. The molecule has 1 heterocycles. The van der Waals surface area contributed by atoms with Crippen LogP contribution in [-0.4, -0.2) is 4.98 Å². The van der Waals surface area contributed by atoms with E-state index in [0.29, 0.717) is 5.89 Å². The zero-order chi connectivity index (χ0) is 37.3. The van der Waals surface area contributed by atoms with Crippen molar-refractivity contribution in [3.8, 4) is 56.0 Å². The monoisotopic (exact) mass is 716 g/mol. The normalized spacial score (nSPS) is 11.2. The number of aromatic nitrogens is 1. The van der Waals surface area contributed by atoms with Gasteiger partial charge < -0.3 is 9.32 Å². The summed E-state index contributed by atoms with van der Waals surface area (Å²) in [5, 5.41) is 2.51. The summed E-state index contributed by atoms with van der Waals surface area (Å²) >= 11 is 0. The Morgan fingerprint density at radius 2 is 0.768 bits per heavy atom. The summed E-state index contributed by atoms with van der Waals surface area (Å²) in [5.41, 5.74) is 15.3. The molecule has 0 spiro atoms. The lowest BCUT2D eigenvalue weighted by molar-refractivity contribution is 0.620. The summed E-state index contributed by atoms with van der Waals surface area (Å²) in [4.78, 5) is 7.02. The van der Waals surface area contributed by atoms with Gasteiger partial charge in [-0.1, -0.05) is 158 Å². The fraction of sp³-hybridized carbons (Fsp3) is 0. The predicted molar refractivity (Wildman–Crippen MR) is 233 cm³/mol. The molecule has 0 atom stereocenters. The van der Waals surface area contributed by atoms with Crippen LogP contribution in [0.25, 0.3) is 77.8 Å². The van der Waals surface area contributed by atoms with Gasteiger partial charge in [-0.05, 0) is 116 Å². The highest BCUT2D eigenvalue weighted by atomic mass is 16.3. The molecule has 0 N–H and O–H groups in total. The third-order valence-corrected chi connectivity index (χ3v) is 10.6. The third kappa shape index (κ3) is 6.21. The molecule has 0 fully saturated rings. The Kier molecular flexibility index (Phi) is 8.51. The molecule has 0 saturated heterocycles. The van der Waals surface area contributed by atoms with Gasteiger partial charge >= 0.3 is 0 Å². The molecule has 1 aromatic heterocycles. The summed E-state index contributed by atoms with van der Waals surface area (Å²) in [5.74, 6) is 0.628. The number of para-hydroxylation sites is 3. The number of rotatable bonds is 8. The Balaban J connectivity index is 0.977. The fourth-order valence-corrected chi connectivity index (χ4v) is 7.81. The number of fused-ring (bicyclic) bond motifs is 2. The van der Waals surface area contributed by atoms with Crippen LogP contribution in [0.2, 0.25) is 0 Å². The molecule has 3 nitrogen and oxygen atoms in total. The molecule has 264 valence electrons. The van der Waals surface area contributed by atoms with Gasteiger partial charge in [-0.3, -0.25) is 0 Å². The van der Waals surface area contributed by atoms with Crippen molar-refractivity contribution in [2.24, 2.45) is 0 Å². The molecule has 0 radical (unpaired) electrons. The van der Waals surface area contributed by atoms with Gasteiger partial charge in [-0.2, -0.15) is 0 Å². The van der Waals surface area contributed by atoms with Crippen molar-refractivity contribution in [3.05, 3.63) is 218 Å². The van der Waals surface area contributed by atoms with Gasteiger partial charge in [0.15, 0.2) is 5.58 Å². The maximum atomic E-state index is 6.05. The van der Waals surface area contributed by atoms with E-state index in [9.17, 15) is 0 Å². The van der Waals surface area contributed by atoms with Crippen molar-refractivity contribution in [2.45, 2.75) is 0 Å². The minimum absolute atomic E-state index is 0.628. The van der Waals surface area contributed by atoms with Crippen LogP contribution in [0.4, 0.5) is 17.1 Å². The van der Waals surface area contributed by atoms with E-state index in [2.05, 4.69) is 199 Å². The van der Waals surface area contributed by atoms with E-state index in [1.807, 2.05) is 24.3 Å². The number of hydrogen-bond acceptors (Lipinski definition) is 3. The Hall–Kier alpha value is -7.49. The molecular weight excluding hydrogens is 681 g/mol. The maximum Gasteiger partial charge on any atom is 0.227 e. The van der Waals surface area contributed by atoms with Gasteiger partial charge in [-0.25, -0.2) is 4.98 Å². The van der Waals surface area contributed by atoms with Crippen LogP contribution in [0.5, 0.6) is 0 Å². The van der Waals surface area contributed by atoms with E-state index in [1.54, 1.807) is 0 Å². The summed E-state index contributed by atoms with van der Waals surface area (Å²) in [6.07, 6.45) is 0. The van der Waals surface area contributed by atoms with Crippen LogP contribution >= 0.6 is 0 Å². The second-order valence-electron chi connectivity index (χ2n) is 13.9. The molecule has 3 heteroatoms. The quantitative estimate of drug-likeness (QED) is 0.157. The van der Waals surface area contributed by atoms with Crippen molar-refractivity contribution in [1.29, 1.82) is 0 Å². The molecule has 56 heavy (non-hydrogen) atoms. The first-order chi connectivity index (χ1) is 27.8. The Morgan fingerprint density at radius 1 is 0.321 bits per heavy atom. The van der Waals surface area contributed by atoms with E-state index >= 15 is 0 Å². The van der Waals surface area contributed by atoms with E-state index < -0.39 is 0 Å². The number of hydrogen-bond donors (Lipinski definition) is 0. The van der Waals surface area contributed by atoms with Crippen LogP contribution in [-0.2, 0) is 0 Å². The maximum absolute atomic E-state index is 6.05. The standard InChI is InChI=1S/C53H36N2O/c1-2-15-42(16-3-1)55(43-33-29-39(30-34-43)46-22-12-14-37-13-4-5-17-45(37)46)44-35-31-40(32-36-44)48-19-7-9-21-50(48)49-20-8-6-18-47(49)38-25-27-41(28-26-38)53-54-51-23-10-11-24-52(51)56-53/h1-36H. The van der Waals surface area contributed by atoms with Crippen molar-refractivity contribution in [3.63, 3.8) is 0 Å². The molecule has 0 aliphatic carbocycles. The Bertz CT molecular complexity index is 2910. The highest BCUT2D eigenvalue weighted by molar-refractivity contribution is 5.97. The molecule has 0 saturated carbocycles.